The average Bonchev–Trinajstić information content (AvgIpc) is 2.46. The van der Waals surface area contributed by atoms with Crippen LogP contribution in [0.15, 0.2) is 34.5 Å². The van der Waals surface area contributed by atoms with Gasteiger partial charge in [-0.3, -0.25) is 4.79 Å². The standard InChI is InChI=1S/C17H18N2O3/c1-10(20)18-19-14-11-6-4-5-7-12(11)16-13(15(14)21)8-9-17(2,3)22-16/h4-7,21H,8-9H2,1-3H3. The fourth-order valence-corrected chi connectivity index (χ4v) is 2.75. The largest absolute Gasteiger partial charge is 0.505 e. The van der Waals surface area contributed by atoms with Crippen molar-refractivity contribution in [3.63, 3.8) is 0 Å². The fraction of sp³-hybridized carbons (Fsp3) is 0.353. The van der Waals surface area contributed by atoms with Crippen molar-refractivity contribution in [3.05, 3.63) is 29.8 Å². The van der Waals surface area contributed by atoms with Crippen molar-refractivity contribution >= 4 is 22.4 Å². The predicted octanol–water partition coefficient (Wildman–Crippen LogP) is 4.28. The number of carbonyl (C=O) groups is 1. The van der Waals surface area contributed by atoms with Gasteiger partial charge in [0.05, 0.1) is 0 Å². The Morgan fingerprint density at radius 1 is 1.27 bits per heavy atom. The summed E-state index contributed by atoms with van der Waals surface area (Å²) in [4.78, 5) is 11.1. The zero-order valence-corrected chi connectivity index (χ0v) is 12.9. The Morgan fingerprint density at radius 3 is 2.64 bits per heavy atom. The van der Waals surface area contributed by atoms with E-state index in [-0.39, 0.29) is 11.4 Å². The molecule has 0 spiro atoms. The molecule has 1 N–H and O–H groups in total. The highest BCUT2D eigenvalue weighted by atomic mass is 16.5. The zero-order chi connectivity index (χ0) is 15.9. The molecule has 1 aliphatic heterocycles. The first kappa shape index (κ1) is 14.5. The molecule has 0 saturated carbocycles. The van der Waals surface area contributed by atoms with E-state index in [9.17, 15) is 9.90 Å². The van der Waals surface area contributed by atoms with Gasteiger partial charge >= 0.3 is 0 Å². The lowest BCUT2D eigenvalue weighted by Gasteiger charge is -2.34. The lowest BCUT2D eigenvalue weighted by molar-refractivity contribution is -0.116. The van der Waals surface area contributed by atoms with Crippen LogP contribution in [0.3, 0.4) is 0 Å². The second-order valence-electron chi connectivity index (χ2n) is 6.13. The Kier molecular flexibility index (Phi) is 3.35. The van der Waals surface area contributed by atoms with Gasteiger partial charge in [0, 0.05) is 23.3 Å². The van der Waals surface area contributed by atoms with Gasteiger partial charge in [-0.1, -0.05) is 24.3 Å². The van der Waals surface area contributed by atoms with Crippen molar-refractivity contribution < 1.29 is 14.6 Å². The molecular weight excluding hydrogens is 280 g/mol. The number of amides is 1. The summed E-state index contributed by atoms with van der Waals surface area (Å²) in [6.45, 7) is 5.39. The molecule has 0 radical (unpaired) electrons. The van der Waals surface area contributed by atoms with Gasteiger partial charge in [0.15, 0.2) is 5.75 Å². The molecule has 1 aliphatic rings. The number of fused-ring (bicyclic) bond motifs is 3. The Hall–Kier alpha value is -2.43. The number of azo groups is 1. The van der Waals surface area contributed by atoms with Crippen LogP contribution in [-0.4, -0.2) is 16.6 Å². The van der Waals surface area contributed by atoms with E-state index in [2.05, 4.69) is 10.2 Å². The van der Waals surface area contributed by atoms with Gasteiger partial charge < -0.3 is 9.84 Å². The molecular formula is C17H18N2O3. The van der Waals surface area contributed by atoms with Gasteiger partial charge in [0.2, 0.25) is 0 Å². The van der Waals surface area contributed by atoms with Crippen molar-refractivity contribution in [3.8, 4) is 11.5 Å². The van der Waals surface area contributed by atoms with Crippen molar-refractivity contribution in [2.45, 2.75) is 39.2 Å². The summed E-state index contributed by atoms with van der Waals surface area (Å²) in [6, 6.07) is 7.54. The van der Waals surface area contributed by atoms with Crippen LogP contribution in [0.4, 0.5) is 5.69 Å². The van der Waals surface area contributed by atoms with Crippen molar-refractivity contribution in [2.75, 3.05) is 0 Å². The van der Waals surface area contributed by atoms with Gasteiger partial charge in [-0.15, -0.1) is 10.2 Å². The number of hydrogen-bond acceptors (Lipinski definition) is 4. The highest BCUT2D eigenvalue weighted by molar-refractivity contribution is 6.01. The quantitative estimate of drug-likeness (QED) is 0.799. The van der Waals surface area contributed by atoms with Gasteiger partial charge in [-0.05, 0) is 26.7 Å². The van der Waals surface area contributed by atoms with E-state index in [1.54, 1.807) is 0 Å². The molecule has 2 aromatic rings. The fourth-order valence-electron chi connectivity index (χ4n) is 2.75. The second kappa shape index (κ2) is 5.09. The third kappa shape index (κ3) is 2.43. The number of ether oxygens (including phenoxy) is 1. The summed E-state index contributed by atoms with van der Waals surface area (Å²) in [5.41, 5.74) is 0.786. The number of rotatable bonds is 1. The van der Waals surface area contributed by atoms with E-state index in [0.29, 0.717) is 17.9 Å². The molecule has 0 aliphatic carbocycles. The molecule has 0 bridgehead atoms. The van der Waals surface area contributed by atoms with Crippen molar-refractivity contribution in [1.82, 2.24) is 0 Å². The van der Waals surface area contributed by atoms with Crippen molar-refractivity contribution in [1.29, 1.82) is 0 Å². The van der Waals surface area contributed by atoms with Crippen LogP contribution in [0.25, 0.3) is 10.8 Å². The highest BCUT2D eigenvalue weighted by Gasteiger charge is 2.31. The Bertz CT molecular complexity index is 794. The minimum absolute atomic E-state index is 0.0502. The minimum atomic E-state index is -0.404. The van der Waals surface area contributed by atoms with Crippen LogP contribution < -0.4 is 4.74 Å². The monoisotopic (exact) mass is 298 g/mol. The molecule has 1 heterocycles. The molecule has 22 heavy (non-hydrogen) atoms. The SMILES string of the molecule is CC(=O)N=Nc1c(O)c2c(c3ccccc13)OC(C)(C)CC2. The number of phenolic OH excluding ortho intramolecular Hbond substituents is 1. The van der Waals surface area contributed by atoms with Gasteiger partial charge in [-0.25, -0.2) is 0 Å². The molecule has 114 valence electrons. The number of carbonyl (C=O) groups excluding carboxylic acids is 1. The molecule has 0 atom stereocenters. The summed E-state index contributed by atoms with van der Waals surface area (Å²) in [6.07, 6.45) is 1.50. The molecule has 1 amide bonds. The van der Waals surface area contributed by atoms with Crippen LogP contribution in [-0.2, 0) is 11.2 Å². The first-order chi connectivity index (χ1) is 10.4. The van der Waals surface area contributed by atoms with Crippen molar-refractivity contribution in [2.24, 2.45) is 10.2 Å². The molecule has 5 nitrogen and oxygen atoms in total. The number of hydrogen-bond donors (Lipinski definition) is 1. The summed E-state index contributed by atoms with van der Waals surface area (Å²) in [5, 5.41) is 19.7. The van der Waals surface area contributed by atoms with E-state index in [1.807, 2.05) is 38.1 Å². The summed E-state index contributed by atoms with van der Waals surface area (Å²) in [7, 11) is 0. The molecule has 0 fully saturated rings. The van der Waals surface area contributed by atoms with Gasteiger partial charge in [-0.2, -0.15) is 0 Å². The molecule has 0 aromatic heterocycles. The second-order valence-corrected chi connectivity index (χ2v) is 6.13. The van der Waals surface area contributed by atoms with E-state index >= 15 is 0 Å². The Labute approximate surface area is 128 Å². The van der Waals surface area contributed by atoms with E-state index < -0.39 is 5.91 Å². The van der Waals surface area contributed by atoms with Gasteiger partial charge in [0.1, 0.15) is 17.0 Å². The topological polar surface area (TPSA) is 71.2 Å². The highest BCUT2D eigenvalue weighted by Crippen LogP contribution is 2.49. The van der Waals surface area contributed by atoms with Crippen LogP contribution in [0.2, 0.25) is 0 Å². The molecule has 0 saturated heterocycles. The maximum absolute atomic E-state index is 11.1. The van der Waals surface area contributed by atoms with Crippen LogP contribution >= 0.6 is 0 Å². The van der Waals surface area contributed by atoms with E-state index in [4.69, 9.17) is 4.74 Å². The van der Waals surface area contributed by atoms with Crippen LogP contribution in [0.5, 0.6) is 11.5 Å². The molecule has 2 aromatic carbocycles. The van der Waals surface area contributed by atoms with E-state index in [0.717, 1.165) is 22.8 Å². The maximum Gasteiger partial charge on any atom is 0.261 e. The first-order valence-corrected chi connectivity index (χ1v) is 7.27. The zero-order valence-electron chi connectivity index (χ0n) is 12.9. The summed E-state index contributed by atoms with van der Waals surface area (Å²) in [5.74, 6) is 0.346. The maximum atomic E-state index is 11.1. The third-order valence-electron chi connectivity index (χ3n) is 3.86. The summed E-state index contributed by atoms with van der Waals surface area (Å²) >= 11 is 0. The lowest BCUT2D eigenvalue weighted by Crippen LogP contribution is -2.32. The predicted molar refractivity (Wildman–Crippen MR) is 83.8 cm³/mol. The normalized spacial score (nSPS) is 16.5. The molecule has 3 rings (SSSR count). The van der Waals surface area contributed by atoms with E-state index in [1.165, 1.54) is 6.92 Å². The third-order valence-corrected chi connectivity index (χ3v) is 3.86. The number of benzene rings is 2. The lowest BCUT2D eigenvalue weighted by atomic mass is 9.90. The van der Waals surface area contributed by atoms with Crippen LogP contribution in [0.1, 0.15) is 32.8 Å². The smallest absolute Gasteiger partial charge is 0.261 e. The first-order valence-electron chi connectivity index (χ1n) is 7.27. The van der Waals surface area contributed by atoms with Gasteiger partial charge in [0.25, 0.3) is 5.91 Å². The minimum Gasteiger partial charge on any atom is -0.505 e. The molecule has 0 unspecified atom stereocenters. The number of aromatic hydroxyl groups is 1. The Balaban J connectivity index is 2.31. The average molecular weight is 298 g/mol. The Morgan fingerprint density at radius 2 is 1.95 bits per heavy atom. The summed E-state index contributed by atoms with van der Waals surface area (Å²) < 4.78 is 6.09. The number of phenols is 1. The molecule has 5 heteroatoms. The number of nitrogens with zero attached hydrogens (tertiary/aromatic N) is 2. The van der Waals surface area contributed by atoms with Crippen LogP contribution in [0, 0.1) is 0 Å².